The molecule has 2 aliphatic carbocycles. The Balaban J connectivity index is 0.00000140. The van der Waals surface area contributed by atoms with Gasteiger partial charge in [0.15, 0.2) is 5.82 Å². The predicted octanol–water partition coefficient (Wildman–Crippen LogP) is 3.90. The Morgan fingerprint density at radius 2 is 1.96 bits per heavy atom. The fourth-order valence-electron chi connectivity index (χ4n) is 4.69. The molecule has 2 atom stereocenters. The highest BCUT2D eigenvalue weighted by molar-refractivity contribution is 5.93. The molecule has 1 aromatic carbocycles. The lowest BCUT2D eigenvalue weighted by Gasteiger charge is -2.43. The van der Waals surface area contributed by atoms with Crippen LogP contribution in [-0.4, -0.2) is 26.7 Å². The van der Waals surface area contributed by atoms with Crippen LogP contribution in [0.3, 0.4) is 0 Å². The van der Waals surface area contributed by atoms with Crippen LogP contribution >= 0.6 is 24.8 Å². The quantitative estimate of drug-likeness (QED) is 0.777. The highest BCUT2D eigenvalue weighted by Gasteiger charge is 2.40. The fourth-order valence-corrected chi connectivity index (χ4v) is 4.69. The van der Waals surface area contributed by atoms with Crippen LogP contribution in [0.5, 0.6) is 0 Å². The summed E-state index contributed by atoms with van der Waals surface area (Å²) < 4.78 is 1.99. The fraction of sp³-hybridized carbons (Fsp3) is 0.550. The van der Waals surface area contributed by atoms with Crippen molar-refractivity contribution in [1.82, 2.24) is 14.8 Å². The average Bonchev–Trinajstić information content (AvgIpc) is 3.10. The van der Waals surface area contributed by atoms with Crippen LogP contribution < -0.4 is 11.1 Å². The number of nitrogens with two attached hydrogens (primary N) is 1. The average molecular weight is 426 g/mol. The molecule has 4 rings (SSSR count). The van der Waals surface area contributed by atoms with E-state index in [1.165, 1.54) is 19.3 Å². The summed E-state index contributed by atoms with van der Waals surface area (Å²) in [5, 5.41) is 11.3. The number of aryl methyl sites for hydroxylation is 1. The summed E-state index contributed by atoms with van der Waals surface area (Å²) in [5.74, 6) is 2.04. The van der Waals surface area contributed by atoms with E-state index in [-0.39, 0.29) is 42.7 Å². The van der Waals surface area contributed by atoms with E-state index in [1.807, 2.05) is 28.8 Å². The molecule has 0 aliphatic heterocycles. The molecule has 1 aromatic heterocycles. The molecule has 2 bridgehead atoms. The molecule has 3 N–H and O–H groups in total. The number of nitrogens with one attached hydrogen (secondary N) is 1. The number of carbonyl (C=O) groups is 1. The molecule has 154 valence electrons. The maximum Gasteiger partial charge on any atom is 0.227 e. The number of anilines is 1. The molecule has 2 unspecified atom stereocenters. The summed E-state index contributed by atoms with van der Waals surface area (Å²) in [7, 11) is 0. The largest absolute Gasteiger partial charge is 0.327 e. The van der Waals surface area contributed by atoms with E-state index in [1.54, 1.807) is 6.33 Å². The number of aromatic nitrogens is 3. The highest BCUT2D eigenvalue weighted by Crippen LogP contribution is 2.42. The van der Waals surface area contributed by atoms with Crippen molar-refractivity contribution in [2.24, 2.45) is 23.5 Å². The Hall–Kier alpha value is -1.63. The van der Waals surface area contributed by atoms with Gasteiger partial charge in [-0.15, -0.1) is 35.0 Å². The van der Waals surface area contributed by atoms with E-state index < -0.39 is 0 Å². The highest BCUT2D eigenvalue weighted by atomic mass is 35.5. The summed E-state index contributed by atoms with van der Waals surface area (Å²) in [5.41, 5.74) is 8.13. The summed E-state index contributed by atoms with van der Waals surface area (Å²) in [6.07, 6.45) is 7.18. The second-order valence-corrected chi connectivity index (χ2v) is 7.71. The molecule has 6 nitrogen and oxygen atoms in total. The van der Waals surface area contributed by atoms with Crippen molar-refractivity contribution in [1.29, 1.82) is 0 Å². The number of benzene rings is 1. The minimum absolute atomic E-state index is 0. The van der Waals surface area contributed by atoms with Crippen LogP contribution in [0.1, 0.15) is 39.0 Å². The number of rotatable bonds is 4. The first-order chi connectivity index (χ1) is 12.7. The van der Waals surface area contributed by atoms with E-state index >= 15 is 0 Å². The van der Waals surface area contributed by atoms with Crippen LogP contribution in [0.15, 0.2) is 30.6 Å². The molecule has 0 radical (unpaired) electrons. The first-order valence-electron chi connectivity index (χ1n) is 9.70. The number of hydrogen-bond donors (Lipinski definition) is 2. The molecule has 2 fully saturated rings. The van der Waals surface area contributed by atoms with Crippen LogP contribution in [0.2, 0.25) is 0 Å². The zero-order valence-electron chi connectivity index (χ0n) is 16.1. The summed E-state index contributed by atoms with van der Waals surface area (Å²) in [6, 6.07) is 8.14. The molecule has 2 aliphatic rings. The van der Waals surface area contributed by atoms with Gasteiger partial charge in [-0.05, 0) is 56.6 Å². The molecule has 1 heterocycles. The Bertz CT molecular complexity index is 782. The van der Waals surface area contributed by atoms with Crippen molar-refractivity contribution in [3.05, 3.63) is 30.6 Å². The first kappa shape index (κ1) is 22.7. The van der Waals surface area contributed by atoms with Gasteiger partial charge in [0.25, 0.3) is 0 Å². The van der Waals surface area contributed by atoms with E-state index in [0.29, 0.717) is 11.8 Å². The van der Waals surface area contributed by atoms with Crippen molar-refractivity contribution >= 4 is 36.4 Å². The van der Waals surface area contributed by atoms with Crippen LogP contribution in [0.4, 0.5) is 5.69 Å². The number of halogens is 2. The molecular weight excluding hydrogens is 397 g/mol. The third-order valence-corrected chi connectivity index (χ3v) is 6.13. The van der Waals surface area contributed by atoms with Gasteiger partial charge in [-0.1, -0.05) is 18.6 Å². The third kappa shape index (κ3) is 4.50. The van der Waals surface area contributed by atoms with Crippen LogP contribution in [0.25, 0.3) is 11.4 Å². The molecule has 2 aromatic rings. The first-order valence-corrected chi connectivity index (χ1v) is 9.70. The number of fused-ring (bicyclic) bond motifs is 2. The molecule has 8 heteroatoms. The maximum atomic E-state index is 12.8. The van der Waals surface area contributed by atoms with Crippen molar-refractivity contribution < 1.29 is 4.79 Å². The van der Waals surface area contributed by atoms with E-state index in [0.717, 1.165) is 36.5 Å². The molecule has 0 spiro atoms. The lowest BCUT2D eigenvalue weighted by Crippen LogP contribution is -2.48. The van der Waals surface area contributed by atoms with Gasteiger partial charge >= 0.3 is 0 Å². The van der Waals surface area contributed by atoms with Gasteiger partial charge in [0.05, 0.1) is 0 Å². The van der Waals surface area contributed by atoms with Crippen molar-refractivity contribution in [3.63, 3.8) is 0 Å². The monoisotopic (exact) mass is 425 g/mol. The maximum absolute atomic E-state index is 12.8. The number of carbonyl (C=O) groups excluding carboxylic acids is 1. The summed E-state index contributed by atoms with van der Waals surface area (Å²) >= 11 is 0. The number of nitrogens with zero attached hydrogens (tertiary/aromatic N) is 3. The zero-order chi connectivity index (χ0) is 18.1. The topological polar surface area (TPSA) is 85.8 Å². The van der Waals surface area contributed by atoms with Gasteiger partial charge in [-0.2, -0.15) is 0 Å². The third-order valence-electron chi connectivity index (χ3n) is 6.13. The second kappa shape index (κ2) is 9.72. The predicted molar refractivity (Wildman–Crippen MR) is 116 cm³/mol. The van der Waals surface area contributed by atoms with Gasteiger partial charge in [0.1, 0.15) is 6.33 Å². The van der Waals surface area contributed by atoms with Gasteiger partial charge < -0.3 is 15.6 Å². The Kier molecular flexibility index (Phi) is 7.87. The van der Waals surface area contributed by atoms with Crippen LogP contribution in [-0.2, 0) is 11.3 Å². The van der Waals surface area contributed by atoms with Crippen molar-refractivity contribution in [2.75, 3.05) is 5.32 Å². The molecular formula is C20H29Cl2N5O. The lowest BCUT2D eigenvalue weighted by molar-refractivity contribution is -0.122. The standard InChI is InChI=1S/C20H27N5O.2ClH/c1-2-25-12-22-24-19(25)15-7-4-8-17(11-15)23-20(26)16-9-13-5-3-6-14(10-16)18(13)21;;/h4,7-8,11-14,16,18H,2-3,5-6,9-10,21H2,1H3,(H,23,26);2*1H. The van der Waals surface area contributed by atoms with Gasteiger partial charge in [0, 0.05) is 29.8 Å². The minimum atomic E-state index is 0. The summed E-state index contributed by atoms with van der Waals surface area (Å²) in [4.78, 5) is 12.8. The molecule has 1 amide bonds. The minimum Gasteiger partial charge on any atom is -0.327 e. The normalized spacial score (nSPS) is 25.9. The van der Waals surface area contributed by atoms with Crippen molar-refractivity contribution in [3.8, 4) is 11.4 Å². The number of amides is 1. The Labute approximate surface area is 178 Å². The zero-order valence-corrected chi connectivity index (χ0v) is 17.7. The van der Waals surface area contributed by atoms with E-state index in [9.17, 15) is 4.79 Å². The molecule has 28 heavy (non-hydrogen) atoms. The second-order valence-electron chi connectivity index (χ2n) is 7.71. The smallest absolute Gasteiger partial charge is 0.227 e. The lowest BCUT2D eigenvalue weighted by atomic mass is 9.65. The SMILES string of the molecule is CCn1cnnc1-c1cccc(NC(=O)C2CC3CCCC(C2)C3N)c1.Cl.Cl. The van der Waals surface area contributed by atoms with Crippen LogP contribution in [0, 0.1) is 17.8 Å². The Morgan fingerprint density at radius 1 is 1.25 bits per heavy atom. The van der Waals surface area contributed by atoms with Gasteiger partial charge in [0.2, 0.25) is 5.91 Å². The molecule has 2 saturated carbocycles. The van der Waals surface area contributed by atoms with Gasteiger partial charge in [-0.3, -0.25) is 4.79 Å². The van der Waals surface area contributed by atoms with Crippen molar-refractivity contribution in [2.45, 2.75) is 51.6 Å². The molecule has 0 saturated heterocycles. The van der Waals surface area contributed by atoms with E-state index in [4.69, 9.17) is 5.73 Å². The number of hydrogen-bond acceptors (Lipinski definition) is 4. The van der Waals surface area contributed by atoms with Gasteiger partial charge in [-0.25, -0.2) is 0 Å². The van der Waals surface area contributed by atoms with E-state index in [2.05, 4.69) is 22.4 Å². The Morgan fingerprint density at radius 3 is 2.64 bits per heavy atom. The summed E-state index contributed by atoms with van der Waals surface area (Å²) in [6.45, 7) is 2.87.